The average molecular weight is 356 g/mol. The number of nitrogens with zero attached hydrogens (tertiary/aromatic N) is 1. The molecular weight excluding hydrogens is 344 g/mol. The predicted octanol–water partition coefficient (Wildman–Crippen LogP) is 3.98. The van der Waals surface area contributed by atoms with Crippen molar-refractivity contribution in [3.63, 3.8) is 0 Å². The lowest BCUT2D eigenvalue weighted by Gasteiger charge is -2.03. The van der Waals surface area contributed by atoms with E-state index in [-0.39, 0.29) is 11.3 Å². The summed E-state index contributed by atoms with van der Waals surface area (Å²) in [7, 11) is 1.93. The largest absolute Gasteiger partial charge is 0.508 e. The summed E-state index contributed by atoms with van der Waals surface area (Å²) in [4.78, 5) is 28.5. The van der Waals surface area contributed by atoms with Crippen LogP contribution in [0.25, 0.3) is 43.6 Å². The lowest BCUT2D eigenvalue weighted by Crippen LogP contribution is -1.97. The predicted molar refractivity (Wildman–Crippen MR) is 101 cm³/mol. The van der Waals surface area contributed by atoms with Crippen molar-refractivity contribution in [2.24, 2.45) is 7.05 Å². The molecule has 0 saturated carbocycles. The molecule has 0 atom stereocenters. The fraction of sp³-hybridized carbons (Fsp3) is 0.0476. The third-order valence-corrected chi connectivity index (χ3v) is 5.47. The van der Waals surface area contributed by atoms with Crippen LogP contribution in [-0.4, -0.2) is 26.6 Å². The summed E-state index contributed by atoms with van der Waals surface area (Å²) < 4.78 is 7.01. The third kappa shape index (κ3) is 1.56. The minimum atomic E-state index is -0.635. The first-order valence-electron chi connectivity index (χ1n) is 8.50. The maximum absolute atomic E-state index is 12.6. The van der Waals surface area contributed by atoms with Crippen LogP contribution in [0.2, 0.25) is 0 Å². The van der Waals surface area contributed by atoms with E-state index >= 15 is 0 Å². The van der Waals surface area contributed by atoms with Crippen LogP contribution in [0.4, 0.5) is 0 Å². The van der Waals surface area contributed by atoms with Crippen LogP contribution in [0.15, 0.2) is 42.5 Å². The third-order valence-electron chi connectivity index (χ3n) is 5.47. The van der Waals surface area contributed by atoms with Gasteiger partial charge in [-0.15, -0.1) is 0 Å². The first-order chi connectivity index (χ1) is 13.1. The van der Waals surface area contributed by atoms with E-state index in [1.165, 1.54) is 0 Å². The van der Waals surface area contributed by atoms with Gasteiger partial charge >= 0.3 is 11.9 Å². The summed E-state index contributed by atoms with van der Waals surface area (Å²) in [6.07, 6.45) is 0. The molecule has 6 nitrogen and oxygen atoms in total. The summed E-state index contributed by atoms with van der Waals surface area (Å²) in [6.45, 7) is 0. The Bertz CT molecular complexity index is 1500. The molecule has 0 radical (unpaired) electrons. The van der Waals surface area contributed by atoms with Crippen molar-refractivity contribution in [1.82, 2.24) is 9.55 Å². The SMILES string of the molecule is Cn1c2ccccc2c2c3c(c4c5ccc(O)cc5[nH]c4c21)C(=O)OC3=O. The molecule has 1 aliphatic heterocycles. The number of aromatic hydroxyl groups is 1. The van der Waals surface area contributed by atoms with Crippen LogP contribution < -0.4 is 0 Å². The molecule has 0 amide bonds. The molecule has 5 aromatic rings. The van der Waals surface area contributed by atoms with Gasteiger partial charge in [-0.25, -0.2) is 9.59 Å². The van der Waals surface area contributed by atoms with Crippen LogP contribution in [-0.2, 0) is 11.8 Å². The van der Waals surface area contributed by atoms with Gasteiger partial charge in [-0.05, 0) is 18.2 Å². The summed E-state index contributed by atoms with van der Waals surface area (Å²) >= 11 is 0. The lowest BCUT2D eigenvalue weighted by molar-refractivity contribution is 0.0445. The number of para-hydroxylation sites is 1. The number of esters is 2. The number of phenols is 1. The minimum absolute atomic E-state index is 0.123. The van der Waals surface area contributed by atoms with E-state index in [2.05, 4.69) is 4.98 Å². The summed E-state index contributed by atoms with van der Waals surface area (Å²) in [5.41, 5.74) is 3.82. The van der Waals surface area contributed by atoms with Crippen molar-refractivity contribution in [1.29, 1.82) is 0 Å². The van der Waals surface area contributed by atoms with Gasteiger partial charge in [0.1, 0.15) is 5.75 Å². The van der Waals surface area contributed by atoms with E-state index in [4.69, 9.17) is 4.74 Å². The molecule has 6 rings (SSSR count). The monoisotopic (exact) mass is 356 g/mol. The molecule has 3 aromatic carbocycles. The van der Waals surface area contributed by atoms with E-state index in [9.17, 15) is 14.7 Å². The number of rotatable bonds is 0. The Morgan fingerprint density at radius 3 is 2.52 bits per heavy atom. The molecule has 1 aliphatic rings. The quantitative estimate of drug-likeness (QED) is 0.325. The maximum Gasteiger partial charge on any atom is 0.347 e. The summed E-state index contributed by atoms with van der Waals surface area (Å²) in [5.74, 6) is -1.13. The maximum atomic E-state index is 12.6. The molecule has 130 valence electrons. The van der Waals surface area contributed by atoms with E-state index in [1.54, 1.807) is 18.2 Å². The number of cyclic esters (lactones) is 2. The van der Waals surface area contributed by atoms with Gasteiger partial charge < -0.3 is 19.4 Å². The number of aromatic amines is 1. The Labute approximate surface area is 151 Å². The van der Waals surface area contributed by atoms with Crippen LogP contribution in [0, 0.1) is 0 Å². The summed E-state index contributed by atoms with van der Waals surface area (Å²) in [6, 6.07) is 12.7. The molecule has 0 saturated heterocycles. The van der Waals surface area contributed by atoms with Gasteiger partial charge in [-0.2, -0.15) is 0 Å². The van der Waals surface area contributed by atoms with Crippen molar-refractivity contribution >= 4 is 55.6 Å². The fourth-order valence-electron chi connectivity index (χ4n) is 4.41. The fourth-order valence-corrected chi connectivity index (χ4v) is 4.41. The molecule has 3 heterocycles. The number of nitrogens with one attached hydrogen (secondary N) is 1. The van der Waals surface area contributed by atoms with Gasteiger partial charge in [-0.1, -0.05) is 18.2 Å². The second-order valence-corrected chi connectivity index (χ2v) is 6.83. The number of H-pyrrole nitrogens is 1. The van der Waals surface area contributed by atoms with Crippen LogP contribution >= 0.6 is 0 Å². The molecule has 6 heteroatoms. The Kier molecular flexibility index (Phi) is 2.38. The molecule has 0 spiro atoms. The van der Waals surface area contributed by atoms with Crippen molar-refractivity contribution in [2.45, 2.75) is 0 Å². The number of benzene rings is 3. The highest BCUT2D eigenvalue weighted by Crippen LogP contribution is 2.44. The van der Waals surface area contributed by atoms with Crippen molar-refractivity contribution in [2.75, 3.05) is 0 Å². The first kappa shape index (κ1) is 14.4. The highest BCUT2D eigenvalue weighted by Gasteiger charge is 2.37. The molecule has 27 heavy (non-hydrogen) atoms. The zero-order chi connectivity index (χ0) is 18.4. The van der Waals surface area contributed by atoms with E-state index < -0.39 is 11.9 Å². The number of carbonyl (C=O) groups is 2. The lowest BCUT2D eigenvalue weighted by atomic mass is 9.97. The van der Waals surface area contributed by atoms with Crippen molar-refractivity contribution in [3.8, 4) is 5.75 Å². The Morgan fingerprint density at radius 1 is 0.963 bits per heavy atom. The van der Waals surface area contributed by atoms with E-state index in [1.807, 2.05) is 35.9 Å². The average Bonchev–Trinajstić information content (AvgIpc) is 3.25. The van der Waals surface area contributed by atoms with E-state index in [0.717, 1.165) is 27.3 Å². The summed E-state index contributed by atoms with van der Waals surface area (Å²) in [5, 5.41) is 12.9. The molecule has 0 aliphatic carbocycles. The highest BCUT2D eigenvalue weighted by molar-refractivity contribution is 6.36. The van der Waals surface area contributed by atoms with Crippen molar-refractivity contribution in [3.05, 3.63) is 53.6 Å². The van der Waals surface area contributed by atoms with Gasteiger partial charge in [0, 0.05) is 40.2 Å². The number of hydrogen-bond donors (Lipinski definition) is 2. The highest BCUT2D eigenvalue weighted by atomic mass is 16.6. The Hall–Kier alpha value is -3.80. The molecule has 0 fully saturated rings. The van der Waals surface area contributed by atoms with Gasteiger partial charge in [0.25, 0.3) is 0 Å². The molecular formula is C21H12N2O4. The van der Waals surface area contributed by atoms with Crippen LogP contribution in [0.1, 0.15) is 20.7 Å². The number of phenolic OH excluding ortho intramolecular Hbond substituents is 1. The topological polar surface area (TPSA) is 84.3 Å². The van der Waals surface area contributed by atoms with Crippen LogP contribution in [0.5, 0.6) is 5.75 Å². The zero-order valence-corrected chi connectivity index (χ0v) is 14.2. The molecule has 2 aromatic heterocycles. The molecule has 0 unspecified atom stereocenters. The number of carbonyl (C=O) groups excluding carboxylic acids is 2. The smallest absolute Gasteiger partial charge is 0.347 e. The van der Waals surface area contributed by atoms with Gasteiger partial charge in [0.05, 0.1) is 27.7 Å². The second-order valence-electron chi connectivity index (χ2n) is 6.83. The van der Waals surface area contributed by atoms with Gasteiger partial charge in [-0.3, -0.25) is 0 Å². The number of fused-ring (bicyclic) bond motifs is 10. The zero-order valence-electron chi connectivity index (χ0n) is 14.2. The number of hydrogen-bond acceptors (Lipinski definition) is 4. The first-order valence-corrected chi connectivity index (χ1v) is 8.50. The molecule has 2 N–H and O–H groups in total. The Balaban J connectivity index is 2.04. The number of aromatic nitrogens is 2. The normalized spacial score (nSPS) is 14.0. The van der Waals surface area contributed by atoms with Gasteiger partial charge in [0.2, 0.25) is 0 Å². The second kappa shape index (κ2) is 4.48. The molecule has 0 bridgehead atoms. The van der Waals surface area contributed by atoms with Crippen LogP contribution in [0.3, 0.4) is 0 Å². The van der Waals surface area contributed by atoms with Crippen molar-refractivity contribution < 1.29 is 19.4 Å². The number of aryl methyl sites for hydroxylation is 1. The standard InChI is InChI=1S/C21H12N2O4/c1-23-13-5-3-2-4-11(13)15-17-16(20(25)27-21(17)26)14-10-7-6-9(24)8-12(10)22-18(14)19(15)23/h2-8,22,24H,1H3. The van der Waals surface area contributed by atoms with E-state index in [0.29, 0.717) is 21.9 Å². The minimum Gasteiger partial charge on any atom is -0.508 e. The number of ether oxygens (including phenoxy) is 1. The Morgan fingerprint density at radius 2 is 1.70 bits per heavy atom. The van der Waals surface area contributed by atoms with Gasteiger partial charge in [0.15, 0.2) is 0 Å².